The fourth-order valence-corrected chi connectivity index (χ4v) is 1.45. The third-order valence-electron chi connectivity index (χ3n) is 2.58. The van der Waals surface area contributed by atoms with E-state index >= 15 is 0 Å². The molecule has 0 aromatic heterocycles. The molecule has 0 bridgehead atoms. The fraction of sp³-hybridized carbons (Fsp3) is 0.692. The lowest BCUT2D eigenvalue weighted by atomic mass is 9.87. The van der Waals surface area contributed by atoms with Crippen LogP contribution in [0.1, 0.15) is 40.5 Å². The van der Waals surface area contributed by atoms with Crippen LogP contribution in [-0.2, 0) is 4.79 Å². The maximum atomic E-state index is 11.7. The van der Waals surface area contributed by atoms with E-state index in [2.05, 4.69) is 16.6 Å². The van der Waals surface area contributed by atoms with Crippen molar-refractivity contribution in [1.82, 2.24) is 10.6 Å². The Morgan fingerprint density at radius 1 is 1.33 bits per heavy atom. The Hall–Kier alpha value is -1.70. The normalized spacial score (nSPS) is 14.2. The molecule has 0 aliphatic carbocycles. The van der Waals surface area contributed by atoms with Crippen LogP contribution >= 0.6 is 0 Å². The highest BCUT2D eigenvalue weighted by Gasteiger charge is 2.32. The number of hydrogen-bond donors (Lipinski definition) is 3. The minimum Gasteiger partial charge on any atom is -0.480 e. The predicted octanol–water partition coefficient (Wildman–Crippen LogP) is 1.59. The van der Waals surface area contributed by atoms with Crippen molar-refractivity contribution < 1.29 is 14.7 Å². The Morgan fingerprint density at radius 3 is 2.22 bits per heavy atom. The third-order valence-corrected chi connectivity index (χ3v) is 2.58. The average molecular weight is 254 g/mol. The second-order valence-electron chi connectivity index (χ2n) is 5.27. The Labute approximate surface area is 108 Å². The molecule has 0 aromatic carbocycles. The maximum absolute atomic E-state index is 11.7. The van der Waals surface area contributed by atoms with Gasteiger partial charge in [-0.15, -0.1) is 12.3 Å². The van der Waals surface area contributed by atoms with E-state index in [1.165, 1.54) is 0 Å². The SMILES string of the molecule is C#CCC(CC)NC(=O)N[C@@H](C(=O)O)C(C)(C)C. The fourth-order valence-electron chi connectivity index (χ4n) is 1.45. The van der Waals surface area contributed by atoms with Crippen molar-refractivity contribution in [3.63, 3.8) is 0 Å². The first-order chi connectivity index (χ1) is 8.22. The van der Waals surface area contributed by atoms with E-state index in [0.717, 1.165) is 0 Å². The molecule has 0 spiro atoms. The van der Waals surface area contributed by atoms with Crippen LogP contribution in [0.4, 0.5) is 4.79 Å². The van der Waals surface area contributed by atoms with Crippen LogP contribution in [0.5, 0.6) is 0 Å². The van der Waals surface area contributed by atoms with E-state index < -0.39 is 23.5 Å². The summed E-state index contributed by atoms with van der Waals surface area (Å²) in [6, 6.07) is -1.58. The molecule has 0 rings (SSSR count). The lowest BCUT2D eigenvalue weighted by molar-refractivity contribution is -0.141. The molecule has 1 unspecified atom stereocenters. The summed E-state index contributed by atoms with van der Waals surface area (Å²) in [6.07, 6.45) is 6.31. The van der Waals surface area contributed by atoms with E-state index in [0.29, 0.717) is 12.8 Å². The van der Waals surface area contributed by atoms with Crippen molar-refractivity contribution in [1.29, 1.82) is 0 Å². The molecule has 3 N–H and O–H groups in total. The first-order valence-electron chi connectivity index (χ1n) is 5.95. The lowest BCUT2D eigenvalue weighted by Gasteiger charge is -2.28. The monoisotopic (exact) mass is 254 g/mol. The molecule has 0 saturated heterocycles. The standard InChI is InChI=1S/C13H22N2O3/c1-6-8-9(7-2)14-12(18)15-10(11(16)17)13(3,4)5/h1,9-10H,7-8H2,2-5H3,(H,16,17)(H2,14,15,18)/t9?,10-/m0/s1. The molecular formula is C13H22N2O3. The molecule has 0 aliphatic rings. The van der Waals surface area contributed by atoms with Crippen molar-refractivity contribution in [2.45, 2.75) is 52.6 Å². The number of amides is 2. The summed E-state index contributed by atoms with van der Waals surface area (Å²) >= 11 is 0. The van der Waals surface area contributed by atoms with Gasteiger partial charge in [-0.3, -0.25) is 0 Å². The molecule has 5 heteroatoms. The summed E-state index contributed by atoms with van der Waals surface area (Å²) in [7, 11) is 0. The van der Waals surface area contributed by atoms with E-state index in [1.54, 1.807) is 20.8 Å². The summed E-state index contributed by atoms with van der Waals surface area (Å²) in [6.45, 7) is 7.17. The van der Waals surface area contributed by atoms with E-state index in [1.807, 2.05) is 6.92 Å². The number of carboxylic acids is 1. The van der Waals surface area contributed by atoms with Crippen LogP contribution in [0.25, 0.3) is 0 Å². The number of terminal acetylenes is 1. The topological polar surface area (TPSA) is 78.4 Å². The zero-order valence-corrected chi connectivity index (χ0v) is 11.4. The highest BCUT2D eigenvalue weighted by atomic mass is 16.4. The quantitative estimate of drug-likeness (QED) is 0.652. The highest BCUT2D eigenvalue weighted by molar-refractivity contribution is 5.83. The van der Waals surface area contributed by atoms with Crippen LogP contribution in [0.3, 0.4) is 0 Å². The number of carboxylic acid groups (broad SMARTS) is 1. The van der Waals surface area contributed by atoms with Gasteiger partial charge in [0, 0.05) is 12.5 Å². The van der Waals surface area contributed by atoms with Crippen molar-refractivity contribution in [3.05, 3.63) is 0 Å². The molecule has 0 heterocycles. The molecule has 0 saturated carbocycles. The van der Waals surface area contributed by atoms with Gasteiger partial charge in [-0.25, -0.2) is 9.59 Å². The Morgan fingerprint density at radius 2 is 1.89 bits per heavy atom. The van der Waals surface area contributed by atoms with Crippen molar-refractivity contribution in [3.8, 4) is 12.3 Å². The van der Waals surface area contributed by atoms with E-state index in [-0.39, 0.29) is 6.04 Å². The Bertz CT molecular complexity index is 339. The number of aliphatic carboxylic acids is 1. The summed E-state index contributed by atoms with van der Waals surface area (Å²) in [5.41, 5.74) is -0.559. The number of urea groups is 1. The molecule has 2 amide bonds. The van der Waals surface area contributed by atoms with E-state index in [9.17, 15) is 9.59 Å². The second-order valence-corrected chi connectivity index (χ2v) is 5.27. The molecule has 2 atom stereocenters. The van der Waals surface area contributed by atoms with Gasteiger partial charge in [0.25, 0.3) is 0 Å². The van der Waals surface area contributed by atoms with Crippen LogP contribution < -0.4 is 10.6 Å². The first kappa shape index (κ1) is 16.3. The zero-order chi connectivity index (χ0) is 14.3. The molecule has 5 nitrogen and oxygen atoms in total. The lowest BCUT2D eigenvalue weighted by Crippen LogP contribution is -2.53. The van der Waals surface area contributed by atoms with Gasteiger partial charge < -0.3 is 15.7 Å². The van der Waals surface area contributed by atoms with Crippen LogP contribution in [0, 0.1) is 17.8 Å². The Kier molecular flexibility index (Phi) is 6.24. The molecule has 102 valence electrons. The van der Waals surface area contributed by atoms with Crippen molar-refractivity contribution in [2.24, 2.45) is 5.41 Å². The minimum absolute atomic E-state index is 0.135. The maximum Gasteiger partial charge on any atom is 0.326 e. The van der Waals surface area contributed by atoms with Crippen molar-refractivity contribution in [2.75, 3.05) is 0 Å². The molecule has 0 radical (unpaired) electrons. The number of rotatable bonds is 5. The third kappa shape index (κ3) is 5.58. The van der Waals surface area contributed by atoms with Gasteiger partial charge in [-0.1, -0.05) is 27.7 Å². The smallest absolute Gasteiger partial charge is 0.326 e. The van der Waals surface area contributed by atoms with Gasteiger partial charge in [0.15, 0.2) is 0 Å². The molecule has 18 heavy (non-hydrogen) atoms. The Balaban J connectivity index is 4.54. The minimum atomic E-state index is -1.05. The number of hydrogen-bond acceptors (Lipinski definition) is 2. The number of carbonyl (C=O) groups excluding carboxylic acids is 1. The van der Waals surface area contributed by atoms with Gasteiger partial charge in [0.1, 0.15) is 6.04 Å². The summed E-state index contributed by atoms with van der Waals surface area (Å²) in [4.78, 5) is 22.8. The predicted molar refractivity (Wildman–Crippen MR) is 70.1 cm³/mol. The highest BCUT2D eigenvalue weighted by Crippen LogP contribution is 2.19. The van der Waals surface area contributed by atoms with Gasteiger partial charge >= 0.3 is 12.0 Å². The van der Waals surface area contributed by atoms with Crippen molar-refractivity contribution >= 4 is 12.0 Å². The van der Waals surface area contributed by atoms with Gasteiger partial charge in [0.2, 0.25) is 0 Å². The zero-order valence-electron chi connectivity index (χ0n) is 11.4. The van der Waals surface area contributed by atoms with E-state index in [4.69, 9.17) is 11.5 Å². The second kappa shape index (κ2) is 6.90. The summed E-state index contributed by atoms with van der Waals surface area (Å²) < 4.78 is 0. The van der Waals surface area contributed by atoms with Gasteiger partial charge in [0.05, 0.1) is 0 Å². The molecule has 0 fully saturated rings. The first-order valence-corrected chi connectivity index (χ1v) is 5.95. The number of carbonyl (C=O) groups is 2. The molecule has 0 aromatic rings. The van der Waals surface area contributed by atoms with Crippen LogP contribution in [0.15, 0.2) is 0 Å². The van der Waals surface area contributed by atoms with Gasteiger partial charge in [-0.05, 0) is 11.8 Å². The number of nitrogens with one attached hydrogen (secondary N) is 2. The molecule has 0 aliphatic heterocycles. The average Bonchev–Trinajstić information content (AvgIpc) is 2.23. The summed E-state index contributed by atoms with van der Waals surface area (Å²) in [5.74, 6) is 1.42. The summed E-state index contributed by atoms with van der Waals surface area (Å²) in [5, 5.41) is 14.2. The van der Waals surface area contributed by atoms with Crippen LogP contribution in [0.2, 0.25) is 0 Å². The van der Waals surface area contributed by atoms with Crippen LogP contribution in [-0.4, -0.2) is 29.2 Å². The molecular weight excluding hydrogens is 232 g/mol. The van der Waals surface area contributed by atoms with Gasteiger partial charge in [-0.2, -0.15) is 0 Å². The largest absolute Gasteiger partial charge is 0.480 e.